The zero-order chi connectivity index (χ0) is 13.0. The van der Waals surface area contributed by atoms with E-state index in [0.717, 1.165) is 37.2 Å². The van der Waals surface area contributed by atoms with Crippen LogP contribution in [-0.2, 0) is 4.74 Å². The first-order valence-electron chi connectivity index (χ1n) is 6.62. The molecule has 0 spiro atoms. The van der Waals surface area contributed by atoms with Gasteiger partial charge in [-0.05, 0) is 50.5 Å². The Balaban J connectivity index is 2.14. The Hall–Kier alpha value is -1.53. The highest BCUT2D eigenvalue weighted by Gasteiger charge is 2.19. The van der Waals surface area contributed by atoms with Gasteiger partial charge < -0.3 is 9.64 Å². The standard InChI is InChI=1S/C15H20N2O/c1-3-17(11-14-5-4-8-18-14)15-7-6-13(10-16)9-12(15)2/h6-7,9,14H,3-5,8,11H2,1-2H3. The second kappa shape index (κ2) is 5.88. The lowest BCUT2D eigenvalue weighted by Gasteiger charge is -2.27. The summed E-state index contributed by atoms with van der Waals surface area (Å²) in [5.74, 6) is 0. The highest BCUT2D eigenvalue weighted by atomic mass is 16.5. The van der Waals surface area contributed by atoms with Crippen molar-refractivity contribution >= 4 is 5.69 Å². The average Bonchev–Trinajstić information content (AvgIpc) is 2.89. The van der Waals surface area contributed by atoms with Crippen LogP contribution < -0.4 is 4.90 Å². The lowest BCUT2D eigenvalue weighted by Crippen LogP contribution is -2.32. The molecule has 0 N–H and O–H groups in total. The van der Waals surface area contributed by atoms with Gasteiger partial charge in [0.1, 0.15) is 0 Å². The first-order valence-corrected chi connectivity index (χ1v) is 6.62. The maximum atomic E-state index is 8.89. The fourth-order valence-electron chi connectivity index (χ4n) is 2.51. The molecule has 1 atom stereocenters. The van der Waals surface area contributed by atoms with Crippen LogP contribution in [0.2, 0.25) is 0 Å². The fraction of sp³-hybridized carbons (Fsp3) is 0.533. The molecule has 1 aliphatic heterocycles. The van der Waals surface area contributed by atoms with Gasteiger partial charge in [0.05, 0.1) is 17.7 Å². The Bertz CT molecular complexity index is 444. The van der Waals surface area contributed by atoms with Crippen LogP contribution in [-0.4, -0.2) is 25.8 Å². The van der Waals surface area contributed by atoms with Crippen LogP contribution >= 0.6 is 0 Å². The van der Waals surface area contributed by atoms with Crippen LogP contribution in [0.4, 0.5) is 5.69 Å². The summed E-state index contributed by atoms with van der Waals surface area (Å²) in [7, 11) is 0. The van der Waals surface area contributed by atoms with E-state index in [2.05, 4.69) is 24.8 Å². The van der Waals surface area contributed by atoms with E-state index in [4.69, 9.17) is 10.00 Å². The van der Waals surface area contributed by atoms with Crippen LogP contribution in [0.3, 0.4) is 0 Å². The van der Waals surface area contributed by atoms with Crippen molar-refractivity contribution in [3.05, 3.63) is 29.3 Å². The van der Waals surface area contributed by atoms with Crippen molar-refractivity contribution in [2.45, 2.75) is 32.8 Å². The molecule has 0 amide bonds. The number of likely N-dealkylation sites (N-methyl/N-ethyl adjacent to an activating group) is 1. The minimum absolute atomic E-state index is 0.361. The highest BCUT2D eigenvalue weighted by molar-refractivity contribution is 5.56. The lowest BCUT2D eigenvalue weighted by atomic mass is 10.1. The number of rotatable bonds is 4. The Morgan fingerprint density at radius 2 is 2.33 bits per heavy atom. The van der Waals surface area contributed by atoms with Crippen molar-refractivity contribution in [2.75, 3.05) is 24.6 Å². The third kappa shape index (κ3) is 2.83. The molecule has 0 radical (unpaired) electrons. The summed E-state index contributed by atoms with van der Waals surface area (Å²) in [4.78, 5) is 2.34. The summed E-state index contributed by atoms with van der Waals surface area (Å²) < 4.78 is 5.70. The van der Waals surface area contributed by atoms with Gasteiger partial charge in [-0.15, -0.1) is 0 Å². The quantitative estimate of drug-likeness (QED) is 0.817. The van der Waals surface area contributed by atoms with Gasteiger partial charge in [0.25, 0.3) is 0 Å². The van der Waals surface area contributed by atoms with E-state index in [9.17, 15) is 0 Å². The van der Waals surface area contributed by atoms with Crippen molar-refractivity contribution in [2.24, 2.45) is 0 Å². The number of nitrogens with zero attached hydrogens (tertiary/aromatic N) is 2. The third-order valence-electron chi connectivity index (χ3n) is 3.50. The SMILES string of the molecule is CCN(CC1CCCO1)c1ccc(C#N)cc1C. The predicted molar refractivity (Wildman–Crippen MR) is 72.8 cm³/mol. The number of anilines is 1. The fourth-order valence-corrected chi connectivity index (χ4v) is 2.51. The monoisotopic (exact) mass is 244 g/mol. The number of aryl methyl sites for hydroxylation is 1. The normalized spacial score (nSPS) is 18.6. The highest BCUT2D eigenvalue weighted by Crippen LogP contribution is 2.23. The molecule has 18 heavy (non-hydrogen) atoms. The molecule has 96 valence electrons. The minimum Gasteiger partial charge on any atom is -0.376 e. The van der Waals surface area contributed by atoms with Crippen LogP contribution in [0.5, 0.6) is 0 Å². The summed E-state index contributed by atoms with van der Waals surface area (Å²) >= 11 is 0. The number of benzene rings is 1. The van der Waals surface area contributed by atoms with Gasteiger partial charge in [-0.2, -0.15) is 5.26 Å². The zero-order valence-electron chi connectivity index (χ0n) is 11.1. The molecule has 3 nitrogen and oxygen atoms in total. The minimum atomic E-state index is 0.361. The molecule has 0 aromatic heterocycles. The summed E-state index contributed by atoms with van der Waals surface area (Å²) in [6.07, 6.45) is 2.69. The van der Waals surface area contributed by atoms with Crippen LogP contribution in [0, 0.1) is 18.3 Å². The molecule has 1 unspecified atom stereocenters. The van der Waals surface area contributed by atoms with E-state index in [1.807, 2.05) is 18.2 Å². The van der Waals surface area contributed by atoms with Crippen molar-refractivity contribution in [1.82, 2.24) is 0 Å². The molecule has 0 bridgehead atoms. The predicted octanol–water partition coefficient (Wildman–Crippen LogP) is 2.87. The Labute approximate surface area is 109 Å². The van der Waals surface area contributed by atoms with Crippen molar-refractivity contribution in [3.8, 4) is 6.07 Å². The zero-order valence-corrected chi connectivity index (χ0v) is 11.1. The molecule has 1 aliphatic rings. The molecule has 1 saturated heterocycles. The molecule has 1 aromatic rings. The van der Waals surface area contributed by atoms with E-state index in [1.165, 1.54) is 12.1 Å². The van der Waals surface area contributed by atoms with Crippen molar-refractivity contribution in [3.63, 3.8) is 0 Å². The first kappa shape index (κ1) is 12.9. The average molecular weight is 244 g/mol. The molecule has 1 aromatic carbocycles. The van der Waals surface area contributed by atoms with Gasteiger partial charge in [0, 0.05) is 25.4 Å². The number of ether oxygens (including phenoxy) is 1. The molecule has 0 aliphatic carbocycles. The van der Waals surface area contributed by atoms with Crippen molar-refractivity contribution < 1.29 is 4.74 Å². The number of hydrogen-bond acceptors (Lipinski definition) is 3. The lowest BCUT2D eigenvalue weighted by molar-refractivity contribution is 0.115. The molecular weight excluding hydrogens is 224 g/mol. The summed E-state index contributed by atoms with van der Waals surface area (Å²) in [5.41, 5.74) is 3.10. The first-order chi connectivity index (χ1) is 8.74. The maximum Gasteiger partial charge on any atom is 0.0991 e. The van der Waals surface area contributed by atoms with Crippen LogP contribution in [0.25, 0.3) is 0 Å². The third-order valence-corrected chi connectivity index (χ3v) is 3.50. The van der Waals surface area contributed by atoms with E-state index in [1.54, 1.807) is 0 Å². The van der Waals surface area contributed by atoms with Crippen molar-refractivity contribution in [1.29, 1.82) is 5.26 Å². The molecule has 3 heteroatoms. The number of hydrogen-bond donors (Lipinski definition) is 0. The van der Waals surface area contributed by atoms with E-state index in [0.29, 0.717) is 6.10 Å². The van der Waals surface area contributed by atoms with Gasteiger partial charge in [0.2, 0.25) is 0 Å². The van der Waals surface area contributed by atoms with Gasteiger partial charge in [0.15, 0.2) is 0 Å². The molecular formula is C15H20N2O. The molecule has 1 heterocycles. The van der Waals surface area contributed by atoms with Gasteiger partial charge in [-0.1, -0.05) is 0 Å². The smallest absolute Gasteiger partial charge is 0.0991 e. The Morgan fingerprint density at radius 1 is 1.50 bits per heavy atom. The van der Waals surface area contributed by atoms with Gasteiger partial charge in [-0.3, -0.25) is 0 Å². The second-order valence-electron chi connectivity index (χ2n) is 4.79. The van der Waals surface area contributed by atoms with E-state index < -0.39 is 0 Å². The summed E-state index contributed by atoms with van der Waals surface area (Å²) in [6, 6.07) is 8.07. The Kier molecular flexibility index (Phi) is 4.22. The Morgan fingerprint density at radius 3 is 2.89 bits per heavy atom. The molecule has 2 rings (SSSR count). The second-order valence-corrected chi connectivity index (χ2v) is 4.79. The van der Waals surface area contributed by atoms with Gasteiger partial charge in [-0.25, -0.2) is 0 Å². The van der Waals surface area contributed by atoms with Crippen LogP contribution in [0.1, 0.15) is 30.9 Å². The summed E-state index contributed by atoms with van der Waals surface area (Å²) in [5, 5.41) is 8.89. The molecule has 0 saturated carbocycles. The maximum absolute atomic E-state index is 8.89. The summed E-state index contributed by atoms with van der Waals surface area (Å²) in [6.45, 7) is 7.03. The van der Waals surface area contributed by atoms with E-state index >= 15 is 0 Å². The molecule has 1 fully saturated rings. The van der Waals surface area contributed by atoms with Crippen LogP contribution in [0.15, 0.2) is 18.2 Å². The number of nitriles is 1. The largest absolute Gasteiger partial charge is 0.376 e. The van der Waals surface area contributed by atoms with E-state index in [-0.39, 0.29) is 0 Å². The van der Waals surface area contributed by atoms with Gasteiger partial charge >= 0.3 is 0 Å². The topological polar surface area (TPSA) is 36.3 Å².